The Kier molecular flexibility index (Phi) is 4.47. The molecule has 0 aliphatic carbocycles. The van der Waals surface area contributed by atoms with Crippen LogP contribution >= 0.6 is 0 Å². The lowest BCUT2D eigenvalue weighted by atomic mass is 10.2. The topological polar surface area (TPSA) is 116 Å². The summed E-state index contributed by atoms with van der Waals surface area (Å²) in [4.78, 5) is 0.127. The molecule has 0 aliphatic heterocycles. The summed E-state index contributed by atoms with van der Waals surface area (Å²) in [5.74, 6) is 0.344. The molecule has 2 rings (SSSR count). The fourth-order valence-electron chi connectivity index (χ4n) is 2.41. The minimum absolute atomic E-state index is 0.000379. The SMILES string of the molecule is Cc1nn(CC(C)C)c(C)c1S(=O)(=O)Nc1n[nH]c(C)c1C#N. The lowest BCUT2D eigenvalue weighted by molar-refractivity contribution is 0.472. The van der Waals surface area contributed by atoms with E-state index in [0.29, 0.717) is 29.5 Å². The molecule has 124 valence electrons. The van der Waals surface area contributed by atoms with Crippen LogP contribution in [0, 0.1) is 38.0 Å². The summed E-state index contributed by atoms with van der Waals surface area (Å²) in [6, 6.07) is 1.94. The number of nitrogens with zero attached hydrogens (tertiary/aromatic N) is 4. The molecule has 2 aromatic heterocycles. The minimum atomic E-state index is -3.88. The third kappa shape index (κ3) is 3.22. The quantitative estimate of drug-likeness (QED) is 0.864. The Labute approximate surface area is 135 Å². The highest BCUT2D eigenvalue weighted by atomic mass is 32.2. The Bertz CT molecular complexity index is 870. The number of sulfonamides is 1. The maximum absolute atomic E-state index is 12.7. The first-order chi connectivity index (χ1) is 10.7. The second-order valence-corrected chi connectivity index (χ2v) is 7.48. The van der Waals surface area contributed by atoms with Gasteiger partial charge in [-0.25, -0.2) is 8.42 Å². The van der Waals surface area contributed by atoms with E-state index >= 15 is 0 Å². The number of aromatic amines is 1. The van der Waals surface area contributed by atoms with Crippen LogP contribution in [0.15, 0.2) is 4.90 Å². The molecule has 2 heterocycles. The molecule has 0 radical (unpaired) electrons. The van der Waals surface area contributed by atoms with Crippen molar-refractivity contribution in [3.63, 3.8) is 0 Å². The van der Waals surface area contributed by atoms with Gasteiger partial charge < -0.3 is 0 Å². The van der Waals surface area contributed by atoms with Crippen LogP contribution in [-0.2, 0) is 16.6 Å². The van der Waals surface area contributed by atoms with Crippen LogP contribution in [0.3, 0.4) is 0 Å². The predicted octanol–water partition coefficient (Wildman–Crippen LogP) is 1.86. The summed E-state index contributed by atoms with van der Waals surface area (Å²) in [6.07, 6.45) is 0. The Morgan fingerprint density at radius 1 is 1.35 bits per heavy atom. The third-order valence-corrected chi connectivity index (χ3v) is 5.00. The predicted molar refractivity (Wildman–Crippen MR) is 85.4 cm³/mol. The van der Waals surface area contributed by atoms with Crippen molar-refractivity contribution < 1.29 is 8.42 Å². The van der Waals surface area contributed by atoms with Gasteiger partial charge in [0.05, 0.1) is 17.1 Å². The van der Waals surface area contributed by atoms with Crippen LogP contribution in [-0.4, -0.2) is 28.4 Å². The first-order valence-corrected chi connectivity index (χ1v) is 8.67. The molecule has 2 N–H and O–H groups in total. The molecule has 8 nitrogen and oxygen atoms in total. The van der Waals surface area contributed by atoms with Gasteiger partial charge in [0.2, 0.25) is 0 Å². The third-order valence-electron chi connectivity index (χ3n) is 3.41. The number of hydrogen-bond acceptors (Lipinski definition) is 5. The molecule has 0 saturated carbocycles. The molecule has 0 bridgehead atoms. The standard InChI is InChI=1S/C14H20N6O2S/c1-8(2)7-20-11(5)13(10(4)18-20)23(21,22)19-14-12(6-15)9(3)16-17-14/h8H,7H2,1-5H3,(H2,16,17,19). The summed E-state index contributed by atoms with van der Waals surface area (Å²) in [7, 11) is -3.88. The smallest absolute Gasteiger partial charge is 0.266 e. The number of hydrogen-bond donors (Lipinski definition) is 2. The normalized spacial score (nSPS) is 11.7. The zero-order valence-corrected chi connectivity index (χ0v) is 14.6. The molecule has 0 amide bonds. The number of H-pyrrole nitrogens is 1. The van der Waals surface area contributed by atoms with Crippen molar-refractivity contribution in [2.45, 2.75) is 46.1 Å². The van der Waals surface area contributed by atoms with Gasteiger partial charge >= 0.3 is 0 Å². The molecule has 0 saturated heterocycles. The second-order valence-electron chi connectivity index (χ2n) is 5.87. The Hall–Kier alpha value is -2.34. The van der Waals surface area contributed by atoms with Crippen LogP contribution in [0.2, 0.25) is 0 Å². The molecule has 0 unspecified atom stereocenters. The van der Waals surface area contributed by atoms with Crippen LogP contribution in [0.1, 0.15) is 36.5 Å². The van der Waals surface area contributed by atoms with Crippen molar-refractivity contribution in [2.75, 3.05) is 4.72 Å². The van der Waals surface area contributed by atoms with E-state index in [1.54, 1.807) is 25.5 Å². The van der Waals surface area contributed by atoms with Crippen molar-refractivity contribution in [3.8, 4) is 6.07 Å². The molecule has 0 fully saturated rings. The average Bonchev–Trinajstić information content (AvgIpc) is 2.89. The molecular formula is C14H20N6O2S. The number of aromatic nitrogens is 4. The lowest BCUT2D eigenvalue weighted by Crippen LogP contribution is -2.16. The van der Waals surface area contributed by atoms with Crippen LogP contribution in [0.5, 0.6) is 0 Å². The summed E-state index contributed by atoms with van der Waals surface area (Å²) in [5.41, 5.74) is 1.67. The van der Waals surface area contributed by atoms with E-state index in [0.717, 1.165) is 0 Å². The van der Waals surface area contributed by atoms with Crippen molar-refractivity contribution in [1.29, 1.82) is 5.26 Å². The monoisotopic (exact) mass is 336 g/mol. The van der Waals surface area contributed by atoms with Gasteiger partial charge in [-0.3, -0.25) is 14.5 Å². The van der Waals surface area contributed by atoms with Crippen molar-refractivity contribution >= 4 is 15.8 Å². The summed E-state index contributed by atoms with van der Waals surface area (Å²) < 4.78 is 29.5. The van der Waals surface area contributed by atoms with Gasteiger partial charge in [-0.05, 0) is 26.7 Å². The molecule has 0 aromatic carbocycles. The Morgan fingerprint density at radius 2 is 2.00 bits per heavy atom. The lowest BCUT2D eigenvalue weighted by Gasteiger charge is -2.09. The zero-order chi connectivity index (χ0) is 17.4. The molecular weight excluding hydrogens is 316 g/mol. The van der Waals surface area contributed by atoms with E-state index in [4.69, 9.17) is 5.26 Å². The largest absolute Gasteiger partial charge is 0.279 e. The summed E-state index contributed by atoms with van der Waals surface area (Å²) in [6.45, 7) is 9.73. The average molecular weight is 336 g/mol. The summed E-state index contributed by atoms with van der Waals surface area (Å²) in [5, 5.41) is 19.9. The van der Waals surface area contributed by atoms with Crippen LogP contribution < -0.4 is 4.72 Å². The van der Waals surface area contributed by atoms with Crippen molar-refractivity contribution in [2.24, 2.45) is 5.92 Å². The van der Waals surface area contributed by atoms with E-state index in [1.807, 2.05) is 19.9 Å². The highest BCUT2D eigenvalue weighted by molar-refractivity contribution is 7.92. The highest BCUT2D eigenvalue weighted by Crippen LogP contribution is 2.24. The molecule has 0 spiro atoms. The fourth-order valence-corrected chi connectivity index (χ4v) is 3.84. The maximum atomic E-state index is 12.7. The van der Waals surface area contributed by atoms with Gasteiger partial charge in [0, 0.05) is 6.54 Å². The van der Waals surface area contributed by atoms with Crippen molar-refractivity contribution in [3.05, 3.63) is 22.6 Å². The number of rotatable bonds is 5. The zero-order valence-electron chi connectivity index (χ0n) is 13.8. The second kappa shape index (κ2) is 6.04. The molecule has 9 heteroatoms. The molecule has 23 heavy (non-hydrogen) atoms. The van der Waals surface area contributed by atoms with E-state index < -0.39 is 10.0 Å². The first-order valence-electron chi connectivity index (χ1n) is 7.19. The number of nitriles is 1. The van der Waals surface area contributed by atoms with Gasteiger partial charge in [0.1, 0.15) is 16.5 Å². The van der Waals surface area contributed by atoms with Crippen LogP contribution in [0.4, 0.5) is 5.82 Å². The number of anilines is 1. The van der Waals surface area contributed by atoms with E-state index in [2.05, 4.69) is 20.0 Å². The first kappa shape index (κ1) is 17.0. The van der Waals surface area contributed by atoms with Gasteiger partial charge in [-0.15, -0.1) is 0 Å². The fraction of sp³-hybridized carbons (Fsp3) is 0.500. The number of nitrogens with one attached hydrogen (secondary N) is 2. The van der Waals surface area contributed by atoms with Crippen LogP contribution in [0.25, 0.3) is 0 Å². The maximum Gasteiger partial charge on any atom is 0.266 e. The van der Waals surface area contributed by atoms with E-state index in [-0.39, 0.29) is 16.3 Å². The van der Waals surface area contributed by atoms with Gasteiger partial charge in [0.25, 0.3) is 10.0 Å². The van der Waals surface area contributed by atoms with Gasteiger partial charge in [-0.1, -0.05) is 13.8 Å². The number of aryl methyl sites for hydroxylation is 2. The summed E-state index contributed by atoms with van der Waals surface area (Å²) >= 11 is 0. The molecule has 0 aliphatic rings. The Morgan fingerprint density at radius 3 is 2.57 bits per heavy atom. The molecule has 0 atom stereocenters. The highest BCUT2D eigenvalue weighted by Gasteiger charge is 2.27. The van der Waals surface area contributed by atoms with Crippen molar-refractivity contribution in [1.82, 2.24) is 20.0 Å². The van der Waals surface area contributed by atoms with E-state index in [9.17, 15) is 8.42 Å². The van der Waals surface area contributed by atoms with Gasteiger partial charge in [0.15, 0.2) is 5.82 Å². The van der Waals surface area contributed by atoms with E-state index in [1.165, 1.54) is 0 Å². The minimum Gasteiger partial charge on any atom is -0.279 e. The Balaban J connectivity index is 2.45. The molecule has 2 aromatic rings. The van der Waals surface area contributed by atoms with Gasteiger partial charge in [-0.2, -0.15) is 15.5 Å².